The third kappa shape index (κ3) is 4.14. The van der Waals surface area contributed by atoms with Crippen LogP contribution in [0.3, 0.4) is 0 Å². The van der Waals surface area contributed by atoms with Crippen LogP contribution in [0.4, 0.5) is 10.1 Å². The molecule has 0 bridgehead atoms. The van der Waals surface area contributed by atoms with Crippen molar-refractivity contribution in [2.75, 3.05) is 4.90 Å². The van der Waals surface area contributed by atoms with Crippen LogP contribution in [0.2, 0.25) is 5.02 Å². The number of rotatable bonds is 5. The molecule has 162 valence electrons. The Bertz CT molecular complexity index is 1200. The molecule has 1 heterocycles. The zero-order chi connectivity index (χ0) is 22.8. The van der Waals surface area contributed by atoms with E-state index in [0.717, 1.165) is 10.5 Å². The summed E-state index contributed by atoms with van der Waals surface area (Å²) in [7, 11) is 0. The average molecular weight is 451 g/mol. The molecule has 0 saturated carbocycles. The molecule has 1 aliphatic heterocycles. The lowest BCUT2D eigenvalue weighted by atomic mass is 10.0. The fourth-order valence-corrected chi connectivity index (χ4v) is 4.02. The van der Waals surface area contributed by atoms with Gasteiger partial charge in [-0.05, 0) is 54.4 Å². The molecular formula is C25H20ClFN2O3. The van der Waals surface area contributed by atoms with E-state index in [-0.39, 0.29) is 24.6 Å². The average Bonchev–Trinajstić information content (AvgIpc) is 3.07. The summed E-state index contributed by atoms with van der Waals surface area (Å²) in [6, 6.07) is 18.2. The molecule has 0 aliphatic carbocycles. The smallest absolute Gasteiger partial charge is 0.257 e. The number of benzene rings is 3. The summed E-state index contributed by atoms with van der Waals surface area (Å²) >= 11 is 6.33. The van der Waals surface area contributed by atoms with Gasteiger partial charge in [-0.25, -0.2) is 9.29 Å². The Balaban J connectivity index is 1.72. The molecule has 0 aromatic heterocycles. The lowest BCUT2D eigenvalue weighted by Gasteiger charge is -2.28. The van der Waals surface area contributed by atoms with Gasteiger partial charge in [0, 0.05) is 17.1 Å². The van der Waals surface area contributed by atoms with Crippen molar-refractivity contribution in [1.82, 2.24) is 4.90 Å². The number of anilines is 1. The summed E-state index contributed by atoms with van der Waals surface area (Å²) in [5.74, 6) is -1.82. The van der Waals surface area contributed by atoms with Crippen LogP contribution in [-0.2, 0) is 16.1 Å². The Morgan fingerprint density at radius 3 is 2.38 bits per heavy atom. The minimum Gasteiger partial charge on any atom is -0.322 e. The molecule has 1 aliphatic rings. The highest BCUT2D eigenvalue weighted by atomic mass is 35.5. The van der Waals surface area contributed by atoms with Crippen LogP contribution >= 0.6 is 11.6 Å². The number of carbonyl (C=O) groups is 3. The summed E-state index contributed by atoms with van der Waals surface area (Å²) in [6.07, 6.45) is -0.168. The van der Waals surface area contributed by atoms with Crippen molar-refractivity contribution in [3.8, 4) is 0 Å². The lowest BCUT2D eigenvalue weighted by Crippen LogP contribution is -2.45. The number of amides is 3. The molecule has 1 saturated heterocycles. The molecule has 0 N–H and O–H groups in total. The molecule has 3 aromatic rings. The van der Waals surface area contributed by atoms with Crippen molar-refractivity contribution >= 4 is 35.0 Å². The van der Waals surface area contributed by atoms with Crippen LogP contribution in [-0.4, -0.2) is 28.7 Å². The van der Waals surface area contributed by atoms with Crippen molar-refractivity contribution in [3.63, 3.8) is 0 Å². The molecule has 1 unspecified atom stereocenters. The maximum absolute atomic E-state index is 13.6. The predicted octanol–water partition coefficient (Wildman–Crippen LogP) is 4.76. The molecule has 0 radical (unpaired) electrons. The van der Waals surface area contributed by atoms with E-state index in [9.17, 15) is 18.8 Å². The molecule has 7 heteroatoms. The van der Waals surface area contributed by atoms with Crippen LogP contribution in [0, 0.1) is 12.7 Å². The highest BCUT2D eigenvalue weighted by molar-refractivity contribution is 6.31. The zero-order valence-electron chi connectivity index (χ0n) is 17.3. The molecule has 5 nitrogen and oxygen atoms in total. The summed E-state index contributed by atoms with van der Waals surface area (Å²) in [5.41, 5.74) is 2.13. The fourth-order valence-electron chi connectivity index (χ4n) is 3.82. The molecule has 0 spiro atoms. The molecule has 3 aromatic carbocycles. The number of halogens is 2. The van der Waals surface area contributed by atoms with Crippen molar-refractivity contribution < 1.29 is 18.8 Å². The van der Waals surface area contributed by atoms with Crippen LogP contribution in [0.1, 0.15) is 27.9 Å². The number of imide groups is 1. The summed E-state index contributed by atoms with van der Waals surface area (Å²) < 4.78 is 13.3. The number of aryl methyl sites for hydroxylation is 1. The fraction of sp³-hybridized carbons (Fsp3) is 0.160. The largest absolute Gasteiger partial charge is 0.322 e. The van der Waals surface area contributed by atoms with Gasteiger partial charge in [0.25, 0.3) is 11.8 Å². The Labute approximate surface area is 190 Å². The summed E-state index contributed by atoms with van der Waals surface area (Å²) in [4.78, 5) is 42.1. The first-order chi connectivity index (χ1) is 15.4. The second-order valence-electron chi connectivity index (χ2n) is 7.60. The van der Waals surface area contributed by atoms with Crippen LogP contribution in [0.25, 0.3) is 0 Å². The van der Waals surface area contributed by atoms with Crippen molar-refractivity contribution in [2.45, 2.75) is 25.9 Å². The van der Waals surface area contributed by atoms with Crippen LogP contribution < -0.4 is 4.90 Å². The third-order valence-corrected chi connectivity index (χ3v) is 5.89. The number of hydrogen-bond donors (Lipinski definition) is 0. The lowest BCUT2D eigenvalue weighted by molar-refractivity contribution is -0.122. The van der Waals surface area contributed by atoms with E-state index in [2.05, 4.69) is 0 Å². The summed E-state index contributed by atoms with van der Waals surface area (Å²) in [6.45, 7) is 1.88. The first kappa shape index (κ1) is 21.7. The van der Waals surface area contributed by atoms with Gasteiger partial charge in [-0.15, -0.1) is 0 Å². The SMILES string of the molecule is Cc1ccccc1C(=O)N(Cc1ccccc1Cl)C1CC(=O)N(c2ccc(F)cc2)C1=O. The minimum atomic E-state index is -1.00. The normalized spacial score (nSPS) is 15.8. The molecule has 4 rings (SSSR count). The molecule has 1 fully saturated rings. The van der Waals surface area contributed by atoms with Crippen molar-refractivity contribution in [2.24, 2.45) is 0 Å². The zero-order valence-corrected chi connectivity index (χ0v) is 18.1. The van der Waals surface area contributed by atoms with E-state index in [4.69, 9.17) is 11.6 Å². The van der Waals surface area contributed by atoms with Gasteiger partial charge in [-0.2, -0.15) is 0 Å². The van der Waals surface area contributed by atoms with Gasteiger partial charge >= 0.3 is 0 Å². The predicted molar refractivity (Wildman–Crippen MR) is 120 cm³/mol. The number of carbonyl (C=O) groups excluding carboxylic acids is 3. The van der Waals surface area contributed by atoms with E-state index in [1.54, 1.807) is 36.4 Å². The van der Waals surface area contributed by atoms with Gasteiger partial charge in [0.2, 0.25) is 5.91 Å². The second kappa shape index (κ2) is 8.93. The monoisotopic (exact) mass is 450 g/mol. The van der Waals surface area contributed by atoms with Crippen LogP contribution in [0.15, 0.2) is 72.8 Å². The maximum Gasteiger partial charge on any atom is 0.257 e. The highest BCUT2D eigenvalue weighted by Crippen LogP contribution is 2.29. The van der Waals surface area contributed by atoms with Crippen molar-refractivity contribution in [1.29, 1.82) is 0 Å². The minimum absolute atomic E-state index is 0.0633. The van der Waals surface area contributed by atoms with Gasteiger partial charge in [-0.1, -0.05) is 48.0 Å². The van der Waals surface area contributed by atoms with Crippen molar-refractivity contribution in [3.05, 3.63) is 100 Å². The molecular weight excluding hydrogens is 431 g/mol. The maximum atomic E-state index is 13.6. The highest BCUT2D eigenvalue weighted by Gasteiger charge is 2.44. The summed E-state index contributed by atoms with van der Waals surface area (Å²) in [5, 5.41) is 0.460. The topological polar surface area (TPSA) is 57.7 Å². The van der Waals surface area contributed by atoms with Gasteiger partial charge in [0.05, 0.1) is 12.1 Å². The van der Waals surface area contributed by atoms with E-state index in [0.29, 0.717) is 16.1 Å². The molecule has 3 amide bonds. The Hall–Kier alpha value is -3.51. The second-order valence-corrected chi connectivity index (χ2v) is 8.01. The molecule has 1 atom stereocenters. The first-order valence-electron chi connectivity index (χ1n) is 10.1. The quantitative estimate of drug-likeness (QED) is 0.526. The van der Waals surface area contributed by atoms with E-state index in [1.807, 2.05) is 19.1 Å². The van der Waals surface area contributed by atoms with E-state index in [1.165, 1.54) is 29.2 Å². The Morgan fingerprint density at radius 2 is 1.69 bits per heavy atom. The van der Waals surface area contributed by atoms with E-state index >= 15 is 0 Å². The Kier molecular flexibility index (Phi) is 6.06. The number of hydrogen-bond acceptors (Lipinski definition) is 3. The molecule has 32 heavy (non-hydrogen) atoms. The van der Waals surface area contributed by atoms with Gasteiger partial charge < -0.3 is 4.90 Å². The standard InChI is InChI=1S/C25H20ClFN2O3/c1-16-6-2-4-8-20(16)24(31)28(15-17-7-3-5-9-21(17)26)22-14-23(30)29(25(22)32)19-12-10-18(27)11-13-19/h2-13,22H,14-15H2,1H3. The van der Waals surface area contributed by atoms with Gasteiger partial charge in [0.15, 0.2) is 0 Å². The first-order valence-corrected chi connectivity index (χ1v) is 10.5. The Morgan fingerprint density at radius 1 is 1.03 bits per heavy atom. The van der Waals surface area contributed by atoms with Gasteiger partial charge in [0.1, 0.15) is 11.9 Å². The third-order valence-electron chi connectivity index (χ3n) is 5.52. The van der Waals surface area contributed by atoms with Gasteiger partial charge in [-0.3, -0.25) is 14.4 Å². The number of nitrogens with zero attached hydrogens (tertiary/aromatic N) is 2. The van der Waals surface area contributed by atoms with E-state index < -0.39 is 23.7 Å². The van der Waals surface area contributed by atoms with Crippen LogP contribution in [0.5, 0.6) is 0 Å².